The summed E-state index contributed by atoms with van der Waals surface area (Å²) in [6, 6.07) is 23.0. The maximum Gasteiger partial charge on any atom is 0.335 e. The molecular weight excluding hydrogens is 1050 g/mol. The number of ether oxygens (including phenoxy) is 8. The van der Waals surface area contributed by atoms with Crippen molar-refractivity contribution in [3.05, 3.63) is 172 Å². The molecule has 6 atom stereocenters. The summed E-state index contributed by atoms with van der Waals surface area (Å²) in [4.78, 5) is 102. The van der Waals surface area contributed by atoms with Crippen LogP contribution in [-0.4, -0.2) is 160 Å². The molecule has 25 heteroatoms. The first-order valence-corrected chi connectivity index (χ1v) is 26.1. The first-order valence-electron chi connectivity index (χ1n) is 26.1. The number of nitrogens with zero attached hydrogens (tertiary/aromatic N) is 5. The molecule has 0 saturated carbocycles. The summed E-state index contributed by atoms with van der Waals surface area (Å²) in [5, 5.41) is 18.5. The standard InChI is InChI=1S/C30H33N3O8.C13H21N3O6.C12H13NO4/c1-20-16-25(32-17-21(2)26(34)33(30(32)37)19-39-18-22-8-4-3-5-9-22)41-29(20)40-15-14-38-13-12-31-27(35)23-10-6-7-11-24(23)28(31)36;1-8-7-16(13(19)15-11(8)18)10-6-9(17)12(22-10)21-5-4-20-3-2-14;14-6-8-17-7-5-13-11(15)9-3-1-2-4-10(9)12(13)16/h3-11,17,20,25,29H,12-16,18-19H2,1-2H3;7,9-10,12,17H,2-6,14H2,1H3,(H,15,18,19);1-4,14H,5-8H2/t20-,25?,29?;9-,10+,12-;/m00./s1. The van der Waals surface area contributed by atoms with Crippen molar-refractivity contribution in [1.82, 2.24) is 28.5 Å². The van der Waals surface area contributed by atoms with Gasteiger partial charge < -0.3 is 53.8 Å². The van der Waals surface area contributed by atoms with Crippen molar-refractivity contribution in [2.75, 3.05) is 79.1 Å². The van der Waals surface area contributed by atoms with Crippen molar-refractivity contribution >= 4 is 23.6 Å². The van der Waals surface area contributed by atoms with E-state index in [0.29, 0.717) is 59.6 Å². The SMILES string of the molecule is Cc1cn(C2C[C@H](C)C(OCCOCCN3C(=O)c4ccccc4C3=O)O2)c(=O)n(COCc2ccccc2)c1=O.Cc1cn([C@H]2C[C@H](O)[C@@H](OCCOCCN)O2)c(=O)[nH]c1=O.O=C1c2ccccc2C(=O)N1CCOCCO. The van der Waals surface area contributed by atoms with Crippen LogP contribution < -0.4 is 28.2 Å². The van der Waals surface area contributed by atoms with Gasteiger partial charge in [-0.25, -0.2) is 14.2 Å². The number of aromatic nitrogens is 4. The van der Waals surface area contributed by atoms with Gasteiger partial charge in [0.25, 0.3) is 34.7 Å². The molecule has 5 aromatic rings. The van der Waals surface area contributed by atoms with Crippen LogP contribution in [0.3, 0.4) is 0 Å². The lowest BCUT2D eigenvalue weighted by atomic mass is 10.1. The highest BCUT2D eigenvalue weighted by Gasteiger charge is 2.38. The Morgan fingerprint density at radius 1 is 0.600 bits per heavy atom. The molecule has 5 N–H and O–H groups in total. The number of carbonyl (C=O) groups is 4. The van der Waals surface area contributed by atoms with E-state index in [9.17, 15) is 43.5 Å². The third-order valence-electron chi connectivity index (χ3n) is 13.0. The average molecular weight is 1110 g/mol. The van der Waals surface area contributed by atoms with Gasteiger partial charge in [0, 0.05) is 48.8 Å². The highest BCUT2D eigenvalue weighted by atomic mass is 16.7. The van der Waals surface area contributed by atoms with Gasteiger partial charge in [-0.15, -0.1) is 0 Å². The number of imide groups is 2. The Morgan fingerprint density at radius 3 is 1.66 bits per heavy atom. The summed E-state index contributed by atoms with van der Waals surface area (Å²) in [5.74, 6) is -1.20. The monoisotopic (exact) mass is 1110 g/mol. The summed E-state index contributed by atoms with van der Waals surface area (Å²) in [6.45, 7) is 8.15. The van der Waals surface area contributed by atoms with Crippen molar-refractivity contribution in [3.8, 4) is 0 Å². The second kappa shape index (κ2) is 29.4. The van der Waals surface area contributed by atoms with Gasteiger partial charge in [-0.1, -0.05) is 61.5 Å². The smallest absolute Gasteiger partial charge is 0.335 e. The van der Waals surface area contributed by atoms with Crippen LogP contribution in [-0.2, 0) is 51.2 Å². The van der Waals surface area contributed by atoms with E-state index in [1.165, 1.54) is 31.3 Å². The molecule has 9 rings (SSSR count). The number of fused-ring (bicyclic) bond motifs is 2. The van der Waals surface area contributed by atoms with Crippen molar-refractivity contribution < 1.29 is 67.3 Å². The fraction of sp³-hybridized carbons (Fsp3) is 0.455. The number of aliphatic hydroxyl groups is 2. The van der Waals surface area contributed by atoms with Gasteiger partial charge in [0.15, 0.2) is 12.6 Å². The minimum absolute atomic E-state index is 0.0136. The molecule has 0 aliphatic carbocycles. The molecule has 2 unspecified atom stereocenters. The zero-order valence-electron chi connectivity index (χ0n) is 44.7. The van der Waals surface area contributed by atoms with Gasteiger partial charge in [-0.05, 0) is 43.7 Å². The molecule has 0 spiro atoms. The quantitative estimate of drug-likeness (QED) is 0.0502. The van der Waals surface area contributed by atoms with Crippen LogP contribution in [0.2, 0.25) is 0 Å². The van der Waals surface area contributed by atoms with Crippen molar-refractivity contribution in [2.45, 2.75) is 78.1 Å². The summed E-state index contributed by atoms with van der Waals surface area (Å²) in [5.41, 5.74) is 6.78. The molecule has 4 amide bonds. The molecule has 0 radical (unpaired) electrons. The number of hydrogen-bond donors (Lipinski definition) is 4. The van der Waals surface area contributed by atoms with Crippen molar-refractivity contribution in [1.29, 1.82) is 0 Å². The van der Waals surface area contributed by atoms with E-state index in [1.807, 2.05) is 37.3 Å². The van der Waals surface area contributed by atoms with Crippen LogP contribution in [0.5, 0.6) is 0 Å². The van der Waals surface area contributed by atoms with E-state index in [-0.39, 0.29) is 109 Å². The minimum Gasteiger partial charge on any atom is -0.394 e. The largest absolute Gasteiger partial charge is 0.394 e. The van der Waals surface area contributed by atoms with Crippen LogP contribution in [0.15, 0.2) is 110 Å². The highest BCUT2D eigenvalue weighted by molar-refractivity contribution is 6.22. The molecule has 2 aromatic heterocycles. The van der Waals surface area contributed by atoms with Crippen LogP contribution in [0, 0.1) is 19.8 Å². The van der Waals surface area contributed by atoms with Gasteiger partial charge in [-0.3, -0.25) is 52.7 Å². The second-order valence-electron chi connectivity index (χ2n) is 18.8. The molecule has 430 valence electrons. The lowest BCUT2D eigenvalue weighted by Gasteiger charge is -2.19. The fourth-order valence-corrected chi connectivity index (χ4v) is 8.91. The fourth-order valence-electron chi connectivity index (χ4n) is 8.91. The number of nitrogens with one attached hydrogen (secondary N) is 1. The molecule has 0 bridgehead atoms. The van der Waals surface area contributed by atoms with Crippen LogP contribution in [0.1, 0.15) is 90.3 Å². The molecule has 3 aromatic carbocycles. The van der Waals surface area contributed by atoms with E-state index >= 15 is 0 Å². The van der Waals surface area contributed by atoms with Crippen LogP contribution >= 0.6 is 0 Å². The molecular formula is C55H67N7O18. The van der Waals surface area contributed by atoms with Gasteiger partial charge in [0.1, 0.15) is 25.3 Å². The Morgan fingerprint density at radius 2 is 1.10 bits per heavy atom. The molecule has 6 heterocycles. The summed E-state index contributed by atoms with van der Waals surface area (Å²) >= 11 is 0. The van der Waals surface area contributed by atoms with Gasteiger partial charge in [0.2, 0.25) is 0 Å². The first kappa shape index (κ1) is 60.5. The third kappa shape index (κ3) is 15.2. The topological polar surface area (TPSA) is 314 Å². The van der Waals surface area contributed by atoms with E-state index in [4.69, 9.17) is 48.7 Å². The minimum atomic E-state index is -0.862. The zero-order chi connectivity index (χ0) is 57.3. The number of benzene rings is 3. The predicted octanol–water partition coefficient (Wildman–Crippen LogP) is 1.44. The average Bonchev–Trinajstić information content (AvgIpc) is 4.19. The van der Waals surface area contributed by atoms with E-state index in [1.54, 1.807) is 62.4 Å². The molecule has 4 aliphatic heterocycles. The Kier molecular flexibility index (Phi) is 22.2. The zero-order valence-corrected chi connectivity index (χ0v) is 44.7. The number of carbonyl (C=O) groups excluding carboxylic acids is 4. The lowest BCUT2D eigenvalue weighted by Crippen LogP contribution is -2.42. The van der Waals surface area contributed by atoms with E-state index < -0.39 is 53.6 Å². The van der Waals surface area contributed by atoms with E-state index in [0.717, 1.165) is 10.1 Å². The number of H-pyrrole nitrogens is 1. The van der Waals surface area contributed by atoms with Crippen LogP contribution in [0.25, 0.3) is 0 Å². The number of aryl methyl sites for hydroxylation is 2. The number of aliphatic hydroxyl groups excluding tert-OH is 2. The van der Waals surface area contributed by atoms with Crippen molar-refractivity contribution in [3.63, 3.8) is 0 Å². The summed E-state index contributed by atoms with van der Waals surface area (Å²) in [6.07, 6.45) is 0.0787. The Hall–Kier alpha value is -7.14. The second-order valence-corrected chi connectivity index (χ2v) is 18.8. The number of hydrogen-bond acceptors (Lipinski definition) is 19. The van der Waals surface area contributed by atoms with Gasteiger partial charge in [-0.2, -0.15) is 0 Å². The summed E-state index contributed by atoms with van der Waals surface area (Å²) < 4.78 is 48.0. The van der Waals surface area contributed by atoms with Crippen molar-refractivity contribution in [2.24, 2.45) is 11.7 Å². The molecule has 2 fully saturated rings. The normalized spacial score (nSPS) is 20.2. The molecule has 80 heavy (non-hydrogen) atoms. The molecule has 25 nitrogen and oxygen atoms in total. The van der Waals surface area contributed by atoms with Gasteiger partial charge >= 0.3 is 11.4 Å². The highest BCUT2D eigenvalue weighted by Crippen LogP contribution is 2.33. The van der Waals surface area contributed by atoms with Crippen LogP contribution in [0.4, 0.5) is 0 Å². The van der Waals surface area contributed by atoms with E-state index in [2.05, 4.69) is 4.98 Å². The lowest BCUT2D eigenvalue weighted by molar-refractivity contribution is -0.182. The maximum atomic E-state index is 13.2. The summed E-state index contributed by atoms with van der Waals surface area (Å²) in [7, 11) is 0. The predicted molar refractivity (Wildman–Crippen MR) is 283 cm³/mol. The van der Waals surface area contributed by atoms with Gasteiger partial charge in [0.05, 0.1) is 101 Å². The number of nitrogens with two attached hydrogens (primary N) is 1. The Bertz CT molecular complexity index is 3090. The molecule has 4 aliphatic rings. The third-order valence-corrected chi connectivity index (χ3v) is 13.0. The number of amides is 4. The maximum absolute atomic E-state index is 13.2. The Balaban J connectivity index is 0.000000197. The Labute approximate surface area is 458 Å². The number of aromatic amines is 1. The molecule has 2 saturated heterocycles. The first-order chi connectivity index (χ1) is 38.6. The number of rotatable bonds is 24.